The molecule has 1 atom stereocenters. The third kappa shape index (κ3) is 2.99. The Kier molecular flexibility index (Phi) is 4.40. The fourth-order valence-electron chi connectivity index (χ4n) is 2.85. The van der Waals surface area contributed by atoms with Crippen molar-refractivity contribution < 1.29 is 9.59 Å². The summed E-state index contributed by atoms with van der Waals surface area (Å²) >= 11 is 0. The van der Waals surface area contributed by atoms with Crippen LogP contribution in [0.25, 0.3) is 0 Å². The molecular formula is C13H22N2O2. The number of rotatable bonds is 2. The minimum atomic E-state index is -0.187. The maximum atomic E-state index is 12.4. The lowest BCUT2D eigenvalue weighted by molar-refractivity contribution is -0.141. The molecule has 4 nitrogen and oxygen atoms in total. The van der Waals surface area contributed by atoms with Gasteiger partial charge in [-0.25, -0.2) is 0 Å². The lowest BCUT2D eigenvalue weighted by atomic mass is 10.1. The van der Waals surface area contributed by atoms with Crippen molar-refractivity contribution in [2.24, 2.45) is 0 Å². The van der Waals surface area contributed by atoms with Crippen molar-refractivity contribution in [3.63, 3.8) is 0 Å². The minimum absolute atomic E-state index is 0.179. The summed E-state index contributed by atoms with van der Waals surface area (Å²) in [5.41, 5.74) is 0. The average Bonchev–Trinajstić information content (AvgIpc) is 2.64. The summed E-state index contributed by atoms with van der Waals surface area (Å²) in [6.07, 6.45) is 8.38. The summed E-state index contributed by atoms with van der Waals surface area (Å²) in [6, 6.07) is -0.187. The summed E-state index contributed by atoms with van der Waals surface area (Å²) in [5, 5.41) is 0. The molecular weight excluding hydrogens is 216 g/mol. The molecule has 0 aromatic heterocycles. The molecule has 0 aromatic carbocycles. The van der Waals surface area contributed by atoms with Crippen molar-refractivity contribution in [1.82, 2.24) is 9.80 Å². The Morgan fingerprint density at radius 2 is 1.59 bits per heavy atom. The van der Waals surface area contributed by atoms with E-state index in [0.717, 1.165) is 64.6 Å². The van der Waals surface area contributed by atoms with Crippen LogP contribution in [-0.4, -0.2) is 47.8 Å². The van der Waals surface area contributed by atoms with Gasteiger partial charge in [0.2, 0.25) is 12.3 Å². The maximum Gasteiger partial charge on any atom is 0.245 e. The van der Waals surface area contributed by atoms with Gasteiger partial charge in [-0.2, -0.15) is 0 Å². The number of hydrogen-bond donors (Lipinski definition) is 0. The zero-order valence-electron chi connectivity index (χ0n) is 10.4. The minimum Gasteiger partial charge on any atom is -0.341 e. The Morgan fingerprint density at radius 1 is 0.941 bits per heavy atom. The van der Waals surface area contributed by atoms with E-state index >= 15 is 0 Å². The summed E-state index contributed by atoms with van der Waals surface area (Å²) in [6.45, 7) is 2.50. The third-order valence-electron chi connectivity index (χ3n) is 3.88. The Hall–Kier alpha value is -1.06. The van der Waals surface area contributed by atoms with E-state index in [9.17, 15) is 9.59 Å². The van der Waals surface area contributed by atoms with E-state index in [4.69, 9.17) is 0 Å². The smallest absolute Gasteiger partial charge is 0.245 e. The number of likely N-dealkylation sites (tertiary alicyclic amines) is 2. The molecule has 0 spiro atoms. The molecule has 2 fully saturated rings. The highest BCUT2D eigenvalue weighted by Gasteiger charge is 2.30. The number of carbonyl (C=O) groups excluding carboxylic acids is 2. The van der Waals surface area contributed by atoms with Crippen LogP contribution in [0.15, 0.2) is 0 Å². The summed E-state index contributed by atoms with van der Waals surface area (Å²) in [5.74, 6) is 0.179. The van der Waals surface area contributed by atoms with Crippen molar-refractivity contribution in [3.05, 3.63) is 0 Å². The van der Waals surface area contributed by atoms with E-state index in [-0.39, 0.29) is 11.9 Å². The molecule has 96 valence electrons. The van der Waals surface area contributed by atoms with E-state index in [2.05, 4.69) is 0 Å². The first-order chi connectivity index (χ1) is 8.33. The zero-order chi connectivity index (χ0) is 12.1. The highest BCUT2D eigenvalue weighted by atomic mass is 16.2. The van der Waals surface area contributed by atoms with Crippen LogP contribution in [0.5, 0.6) is 0 Å². The molecule has 2 rings (SSSR count). The molecule has 0 N–H and O–H groups in total. The van der Waals surface area contributed by atoms with Crippen molar-refractivity contribution >= 4 is 12.3 Å². The monoisotopic (exact) mass is 238 g/mol. The van der Waals surface area contributed by atoms with Crippen LogP contribution in [0.1, 0.15) is 44.9 Å². The second-order valence-electron chi connectivity index (χ2n) is 5.09. The van der Waals surface area contributed by atoms with Crippen molar-refractivity contribution in [2.45, 2.75) is 51.0 Å². The van der Waals surface area contributed by atoms with Gasteiger partial charge in [0.1, 0.15) is 6.04 Å². The predicted octanol–water partition coefficient (Wildman–Crippen LogP) is 1.40. The van der Waals surface area contributed by atoms with Crippen LogP contribution in [0, 0.1) is 0 Å². The van der Waals surface area contributed by atoms with Crippen molar-refractivity contribution in [3.8, 4) is 0 Å². The lowest BCUT2D eigenvalue weighted by Gasteiger charge is -2.33. The molecule has 17 heavy (non-hydrogen) atoms. The average molecular weight is 238 g/mol. The van der Waals surface area contributed by atoms with Gasteiger partial charge in [0.05, 0.1) is 0 Å². The molecule has 2 heterocycles. The van der Waals surface area contributed by atoms with Crippen molar-refractivity contribution in [2.75, 3.05) is 19.6 Å². The van der Waals surface area contributed by atoms with Gasteiger partial charge in [-0.05, 0) is 32.1 Å². The van der Waals surface area contributed by atoms with Gasteiger partial charge in [0.25, 0.3) is 0 Å². The van der Waals surface area contributed by atoms with E-state index < -0.39 is 0 Å². The summed E-state index contributed by atoms with van der Waals surface area (Å²) in [4.78, 5) is 27.1. The van der Waals surface area contributed by atoms with Crippen LogP contribution < -0.4 is 0 Å². The second kappa shape index (κ2) is 6.03. The molecule has 2 aliphatic rings. The largest absolute Gasteiger partial charge is 0.341 e. The molecule has 2 saturated heterocycles. The van der Waals surface area contributed by atoms with Gasteiger partial charge < -0.3 is 9.80 Å². The highest BCUT2D eigenvalue weighted by molar-refractivity contribution is 5.83. The fourth-order valence-corrected chi connectivity index (χ4v) is 2.85. The molecule has 0 bridgehead atoms. The molecule has 1 unspecified atom stereocenters. The highest BCUT2D eigenvalue weighted by Crippen LogP contribution is 2.19. The molecule has 2 amide bonds. The van der Waals surface area contributed by atoms with E-state index in [1.54, 1.807) is 4.90 Å². The molecule has 4 heteroatoms. The molecule has 2 aliphatic heterocycles. The van der Waals surface area contributed by atoms with E-state index in [1.807, 2.05) is 4.90 Å². The Bertz CT molecular complexity index is 275. The van der Waals surface area contributed by atoms with Gasteiger partial charge in [0.15, 0.2) is 0 Å². The van der Waals surface area contributed by atoms with Gasteiger partial charge >= 0.3 is 0 Å². The van der Waals surface area contributed by atoms with Crippen LogP contribution in [0.3, 0.4) is 0 Å². The van der Waals surface area contributed by atoms with Gasteiger partial charge in [0, 0.05) is 19.6 Å². The van der Waals surface area contributed by atoms with Gasteiger partial charge in [-0.1, -0.05) is 12.8 Å². The van der Waals surface area contributed by atoms with Crippen LogP contribution in [0.2, 0.25) is 0 Å². The number of hydrogen-bond acceptors (Lipinski definition) is 2. The topological polar surface area (TPSA) is 40.6 Å². The number of nitrogens with zero attached hydrogens (tertiary/aromatic N) is 2. The normalized spacial score (nSPS) is 26.5. The number of carbonyl (C=O) groups is 2. The molecule has 0 saturated carbocycles. The maximum absolute atomic E-state index is 12.4. The number of amides is 2. The Morgan fingerprint density at radius 3 is 2.29 bits per heavy atom. The summed E-state index contributed by atoms with van der Waals surface area (Å²) in [7, 11) is 0. The molecule has 0 aliphatic carbocycles. The second-order valence-corrected chi connectivity index (χ2v) is 5.09. The first-order valence-corrected chi connectivity index (χ1v) is 6.83. The molecule has 0 radical (unpaired) electrons. The molecule has 0 aromatic rings. The first-order valence-electron chi connectivity index (χ1n) is 6.83. The van der Waals surface area contributed by atoms with E-state index in [0.29, 0.717) is 0 Å². The summed E-state index contributed by atoms with van der Waals surface area (Å²) < 4.78 is 0. The van der Waals surface area contributed by atoms with Gasteiger partial charge in [-0.3, -0.25) is 9.59 Å². The van der Waals surface area contributed by atoms with Crippen LogP contribution >= 0.6 is 0 Å². The third-order valence-corrected chi connectivity index (χ3v) is 3.88. The van der Waals surface area contributed by atoms with Crippen LogP contribution in [-0.2, 0) is 9.59 Å². The van der Waals surface area contributed by atoms with Gasteiger partial charge in [-0.15, -0.1) is 0 Å². The zero-order valence-corrected chi connectivity index (χ0v) is 10.4. The van der Waals surface area contributed by atoms with Crippen molar-refractivity contribution in [1.29, 1.82) is 0 Å². The SMILES string of the molecule is O=CN1CCCCCC1C(=O)N1CCCCC1. The first kappa shape index (κ1) is 12.4. The van der Waals surface area contributed by atoms with E-state index in [1.165, 1.54) is 6.42 Å². The van der Waals surface area contributed by atoms with Crippen LogP contribution in [0.4, 0.5) is 0 Å². The Balaban J connectivity index is 2.01. The standard InChI is InChI=1S/C13H22N2O2/c16-11-15-10-4-1-3-7-12(15)13(17)14-8-5-2-6-9-14/h11-12H,1-10H2. The quantitative estimate of drug-likeness (QED) is 0.682. The Labute approximate surface area is 103 Å². The fraction of sp³-hybridized carbons (Fsp3) is 0.846. The predicted molar refractivity (Wildman–Crippen MR) is 65.5 cm³/mol. The number of piperidine rings is 1. The lowest BCUT2D eigenvalue weighted by Crippen LogP contribution is -2.49.